The zero-order valence-corrected chi connectivity index (χ0v) is 8.62. The number of fused-ring (bicyclic) bond motifs is 1. The van der Waals surface area contributed by atoms with Crippen molar-refractivity contribution in [1.29, 1.82) is 0 Å². The lowest BCUT2D eigenvalue weighted by Gasteiger charge is -2.11. The zero-order chi connectivity index (χ0) is 12.4. The molecule has 2 rings (SSSR count). The highest BCUT2D eigenvalue weighted by Gasteiger charge is 2.23. The first kappa shape index (κ1) is 10.9. The quantitative estimate of drug-likeness (QED) is 0.572. The van der Waals surface area contributed by atoms with Gasteiger partial charge < -0.3 is 0 Å². The number of benzene rings is 1. The lowest BCUT2D eigenvalue weighted by Crippen LogP contribution is -2.15. The van der Waals surface area contributed by atoms with Crippen LogP contribution in [-0.2, 0) is 0 Å². The van der Waals surface area contributed by atoms with Gasteiger partial charge >= 0.3 is 0 Å². The number of hydrogen-bond donors (Lipinski definition) is 0. The Labute approximate surface area is 96.2 Å². The van der Waals surface area contributed by atoms with E-state index in [0.717, 1.165) is 12.2 Å². The van der Waals surface area contributed by atoms with Gasteiger partial charge in [0.1, 0.15) is 0 Å². The minimum Gasteiger partial charge on any atom is -0.289 e. The van der Waals surface area contributed by atoms with Gasteiger partial charge in [-0.2, -0.15) is 0 Å². The fourth-order valence-corrected chi connectivity index (χ4v) is 1.60. The summed E-state index contributed by atoms with van der Waals surface area (Å²) < 4.78 is 0. The van der Waals surface area contributed by atoms with E-state index in [2.05, 4.69) is 0 Å². The van der Waals surface area contributed by atoms with Gasteiger partial charge in [-0.15, -0.1) is 0 Å². The van der Waals surface area contributed by atoms with Crippen molar-refractivity contribution in [3.05, 3.63) is 69.4 Å². The molecule has 17 heavy (non-hydrogen) atoms. The van der Waals surface area contributed by atoms with E-state index in [9.17, 15) is 19.7 Å². The molecule has 0 unspecified atom stereocenters. The third kappa shape index (κ3) is 2.03. The Morgan fingerprint density at radius 2 is 1.76 bits per heavy atom. The van der Waals surface area contributed by atoms with Gasteiger partial charge in [0.15, 0.2) is 11.6 Å². The fraction of sp³-hybridized carbons (Fsp3) is 0. The third-order valence-electron chi connectivity index (χ3n) is 2.36. The standard InChI is InChI=1S/C12H7NO4/c14-11-7-8(5-6-13(16)17)12(15)10-4-2-1-3-9(10)11/h1-7H. The van der Waals surface area contributed by atoms with Crippen molar-refractivity contribution >= 4 is 11.6 Å². The molecule has 1 aliphatic carbocycles. The summed E-state index contributed by atoms with van der Waals surface area (Å²) in [7, 11) is 0. The summed E-state index contributed by atoms with van der Waals surface area (Å²) in [4.78, 5) is 33.0. The molecule has 0 heterocycles. The van der Waals surface area contributed by atoms with Crippen molar-refractivity contribution in [3.63, 3.8) is 0 Å². The van der Waals surface area contributed by atoms with E-state index in [-0.39, 0.29) is 22.7 Å². The van der Waals surface area contributed by atoms with Gasteiger partial charge in [0, 0.05) is 22.8 Å². The SMILES string of the molecule is O=C1C=C(C=C[N+](=O)[O-])C(=O)c2ccccc21. The molecule has 0 aliphatic heterocycles. The van der Waals surface area contributed by atoms with E-state index in [1.165, 1.54) is 6.07 Å². The number of Topliss-reactive ketones (excluding diaryl/α,β-unsaturated/α-hetero) is 1. The maximum absolute atomic E-state index is 11.9. The van der Waals surface area contributed by atoms with Gasteiger partial charge in [-0.1, -0.05) is 24.3 Å². The van der Waals surface area contributed by atoms with Gasteiger partial charge in [0.05, 0.1) is 4.92 Å². The van der Waals surface area contributed by atoms with Crippen LogP contribution >= 0.6 is 0 Å². The van der Waals surface area contributed by atoms with E-state index < -0.39 is 4.92 Å². The Morgan fingerprint density at radius 1 is 1.12 bits per heavy atom. The summed E-state index contributed by atoms with van der Waals surface area (Å²) in [6.07, 6.45) is 2.80. The van der Waals surface area contributed by atoms with Crippen molar-refractivity contribution in [3.8, 4) is 0 Å². The summed E-state index contributed by atoms with van der Waals surface area (Å²) in [5.74, 6) is -0.693. The van der Waals surface area contributed by atoms with E-state index in [1.807, 2.05) is 0 Å². The van der Waals surface area contributed by atoms with Crippen molar-refractivity contribution < 1.29 is 14.5 Å². The van der Waals surface area contributed by atoms with Crippen LogP contribution in [0.3, 0.4) is 0 Å². The Bertz CT molecular complexity index is 584. The average molecular weight is 229 g/mol. The molecule has 84 valence electrons. The zero-order valence-electron chi connectivity index (χ0n) is 8.62. The van der Waals surface area contributed by atoms with Crippen LogP contribution in [0.25, 0.3) is 0 Å². The molecule has 0 saturated carbocycles. The second-order valence-corrected chi connectivity index (χ2v) is 3.44. The molecule has 0 saturated heterocycles. The lowest BCUT2D eigenvalue weighted by atomic mass is 9.89. The smallest absolute Gasteiger partial charge is 0.235 e. The minimum absolute atomic E-state index is 0.0328. The average Bonchev–Trinajstić information content (AvgIpc) is 2.32. The second kappa shape index (κ2) is 4.13. The summed E-state index contributed by atoms with van der Waals surface area (Å²) in [6.45, 7) is 0. The fourth-order valence-electron chi connectivity index (χ4n) is 1.60. The molecule has 1 aliphatic rings. The number of ketones is 2. The lowest BCUT2D eigenvalue weighted by molar-refractivity contribution is -0.402. The van der Waals surface area contributed by atoms with E-state index in [1.54, 1.807) is 18.2 Å². The molecule has 0 fully saturated rings. The first-order valence-electron chi connectivity index (χ1n) is 4.81. The number of allylic oxidation sites excluding steroid dienone is 3. The Kier molecular flexibility index (Phi) is 2.66. The van der Waals surface area contributed by atoms with Gasteiger partial charge in [0.25, 0.3) is 0 Å². The Balaban J connectivity index is 2.45. The molecule has 5 nitrogen and oxygen atoms in total. The molecule has 1 aromatic rings. The van der Waals surface area contributed by atoms with Crippen LogP contribution in [0.4, 0.5) is 0 Å². The predicted octanol–water partition coefficient (Wildman–Crippen LogP) is 1.78. The summed E-state index contributed by atoms with van der Waals surface area (Å²) in [6, 6.07) is 6.39. The normalized spacial score (nSPS) is 14.7. The molecule has 0 spiro atoms. The molecular weight excluding hydrogens is 222 g/mol. The second-order valence-electron chi connectivity index (χ2n) is 3.44. The van der Waals surface area contributed by atoms with E-state index in [0.29, 0.717) is 11.8 Å². The van der Waals surface area contributed by atoms with Crippen LogP contribution in [0, 0.1) is 10.1 Å². The van der Waals surface area contributed by atoms with Gasteiger partial charge in [-0.3, -0.25) is 19.7 Å². The van der Waals surface area contributed by atoms with Crippen LogP contribution in [0.2, 0.25) is 0 Å². The number of hydrogen-bond acceptors (Lipinski definition) is 4. The molecule has 0 aromatic heterocycles. The number of rotatable bonds is 2. The topological polar surface area (TPSA) is 77.3 Å². The maximum atomic E-state index is 11.9. The molecule has 0 atom stereocenters. The summed E-state index contributed by atoms with van der Waals surface area (Å²) in [5.41, 5.74) is 0.643. The van der Waals surface area contributed by atoms with E-state index in [4.69, 9.17) is 0 Å². The van der Waals surface area contributed by atoms with Crippen molar-refractivity contribution in [2.75, 3.05) is 0 Å². The number of carbonyl (C=O) groups is 2. The van der Waals surface area contributed by atoms with Crippen LogP contribution in [0.1, 0.15) is 20.7 Å². The van der Waals surface area contributed by atoms with Crippen molar-refractivity contribution in [1.82, 2.24) is 0 Å². The molecular formula is C12H7NO4. The molecule has 0 radical (unpaired) electrons. The highest BCUT2D eigenvalue weighted by Crippen LogP contribution is 2.21. The monoisotopic (exact) mass is 229 g/mol. The predicted molar refractivity (Wildman–Crippen MR) is 59.3 cm³/mol. The molecule has 0 bridgehead atoms. The van der Waals surface area contributed by atoms with Crippen LogP contribution < -0.4 is 0 Å². The first-order chi connectivity index (χ1) is 8.09. The Morgan fingerprint density at radius 3 is 2.41 bits per heavy atom. The molecule has 0 N–H and O–H groups in total. The number of nitro groups is 1. The third-order valence-corrected chi connectivity index (χ3v) is 2.36. The summed E-state index contributed by atoms with van der Waals surface area (Å²) >= 11 is 0. The number of carbonyl (C=O) groups excluding carboxylic acids is 2. The van der Waals surface area contributed by atoms with Crippen molar-refractivity contribution in [2.45, 2.75) is 0 Å². The molecule has 0 amide bonds. The van der Waals surface area contributed by atoms with Gasteiger partial charge in [-0.05, 0) is 6.08 Å². The van der Waals surface area contributed by atoms with Crippen LogP contribution in [-0.4, -0.2) is 16.5 Å². The molecule has 5 heteroatoms. The van der Waals surface area contributed by atoms with Crippen LogP contribution in [0.5, 0.6) is 0 Å². The number of nitrogens with zero attached hydrogens (tertiary/aromatic N) is 1. The minimum atomic E-state index is -0.681. The summed E-state index contributed by atoms with van der Waals surface area (Å²) in [5, 5.41) is 10.2. The molecule has 1 aromatic carbocycles. The van der Waals surface area contributed by atoms with Gasteiger partial charge in [0.2, 0.25) is 6.20 Å². The highest BCUT2D eigenvalue weighted by atomic mass is 16.6. The van der Waals surface area contributed by atoms with Crippen molar-refractivity contribution in [2.24, 2.45) is 0 Å². The van der Waals surface area contributed by atoms with Gasteiger partial charge in [-0.25, -0.2) is 0 Å². The first-order valence-corrected chi connectivity index (χ1v) is 4.81. The van der Waals surface area contributed by atoms with Crippen LogP contribution in [0.15, 0.2) is 48.2 Å². The highest BCUT2D eigenvalue weighted by molar-refractivity contribution is 6.25. The Hall–Kier alpha value is -2.56. The largest absolute Gasteiger partial charge is 0.289 e. The maximum Gasteiger partial charge on any atom is 0.235 e. The van der Waals surface area contributed by atoms with E-state index >= 15 is 0 Å².